The van der Waals surface area contributed by atoms with Gasteiger partial charge >= 0.3 is 11.9 Å². The summed E-state index contributed by atoms with van der Waals surface area (Å²) in [6, 6.07) is -1.14. The van der Waals surface area contributed by atoms with Gasteiger partial charge in [-0.05, 0) is 18.2 Å². The fourth-order valence-corrected chi connectivity index (χ4v) is 0.605. The number of benzene rings is 1. The second kappa shape index (κ2) is 3.04. The normalized spacial score (nSPS) is 12.8. The van der Waals surface area contributed by atoms with Gasteiger partial charge in [0, 0.05) is 0 Å². The van der Waals surface area contributed by atoms with Crippen LogP contribution in [0.2, 0.25) is 0 Å². The van der Waals surface area contributed by atoms with E-state index in [4.69, 9.17) is 14.3 Å². The van der Waals surface area contributed by atoms with Gasteiger partial charge in [0.2, 0.25) is 0 Å². The molecule has 0 saturated heterocycles. The largest absolute Gasteiger partial charge is 0.478 e. The maximum Gasteiger partial charge on any atom is 0.335 e. The van der Waals surface area contributed by atoms with Gasteiger partial charge in [0.05, 0.1) is 15.2 Å². The number of carboxylic acids is 2. The maximum atomic E-state index is 10.7. The van der Waals surface area contributed by atoms with Crippen LogP contribution in [0.15, 0.2) is 24.2 Å². The summed E-state index contributed by atoms with van der Waals surface area (Å²) in [5.74, 6) is -3.07. The Hall–Kier alpha value is -1.84. The second-order valence-corrected chi connectivity index (χ2v) is 1.94. The number of hydrogen-bond acceptors (Lipinski definition) is 2. The minimum Gasteiger partial charge on any atom is -0.478 e. The van der Waals surface area contributed by atoms with E-state index in [1.54, 1.807) is 0 Å². The van der Waals surface area contributed by atoms with Crippen molar-refractivity contribution < 1.29 is 23.9 Å². The molecule has 0 aliphatic rings. The molecule has 0 bridgehead atoms. The van der Waals surface area contributed by atoms with Gasteiger partial charge in [-0.2, -0.15) is 0 Å². The van der Waals surface area contributed by atoms with Crippen molar-refractivity contribution in [1.29, 1.82) is 0 Å². The Bertz CT molecular complexity index is 456. The van der Waals surface area contributed by atoms with Gasteiger partial charge in [-0.3, -0.25) is 0 Å². The SMILES string of the molecule is [2H]c1cc(C(=O)O)c([2H])c(C(=O)O)c1[2H]. The highest BCUT2D eigenvalue weighted by Gasteiger charge is 2.06. The zero-order valence-electron chi connectivity index (χ0n) is 8.79. The molecule has 1 aromatic rings. The molecule has 0 amide bonds. The second-order valence-electron chi connectivity index (χ2n) is 1.94. The molecule has 1 rings (SSSR count). The van der Waals surface area contributed by atoms with Gasteiger partial charge in [0.15, 0.2) is 0 Å². The van der Waals surface area contributed by atoms with E-state index >= 15 is 0 Å². The molecule has 12 heavy (non-hydrogen) atoms. The molecule has 0 spiro atoms. The van der Waals surface area contributed by atoms with Crippen LogP contribution in [0.25, 0.3) is 0 Å². The first kappa shape index (κ1) is 4.92. The van der Waals surface area contributed by atoms with Crippen LogP contribution in [0, 0.1) is 0 Å². The van der Waals surface area contributed by atoms with E-state index in [-0.39, 0.29) is 0 Å². The average Bonchev–Trinajstić information content (AvgIpc) is 2.10. The number of carbonyl (C=O) groups is 2. The Morgan fingerprint density at radius 1 is 1.25 bits per heavy atom. The van der Waals surface area contributed by atoms with Gasteiger partial charge in [0.1, 0.15) is 0 Å². The molecule has 0 heterocycles. The molecule has 0 saturated carbocycles. The monoisotopic (exact) mass is 169 g/mol. The minimum absolute atomic E-state index is 0.527. The lowest BCUT2D eigenvalue weighted by Gasteiger charge is -1.95. The van der Waals surface area contributed by atoms with Crippen LogP contribution in [-0.2, 0) is 0 Å². The highest BCUT2D eigenvalue weighted by atomic mass is 16.4. The molecule has 62 valence electrons. The summed E-state index contributed by atoms with van der Waals surface area (Å²) in [5.41, 5.74) is -1.35. The van der Waals surface area contributed by atoms with E-state index in [1.807, 2.05) is 0 Å². The van der Waals surface area contributed by atoms with Crippen molar-refractivity contribution in [3.8, 4) is 0 Å². The third-order valence-electron chi connectivity index (χ3n) is 1.12. The summed E-state index contributed by atoms with van der Waals surface area (Å²) in [6.45, 7) is 0. The van der Waals surface area contributed by atoms with Crippen LogP contribution in [0.1, 0.15) is 24.8 Å². The van der Waals surface area contributed by atoms with E-state index in [0.717, 1.165) is 6.07 Å². The summed E-state index contributed by atoms with van der Waals surface area (Å²) in [5, 5.41) is 17.3. The molecule has 0 fully saturated rings. The van der Waals surface area contributed by atoms with E-state index in [1.165, 1.54) is 0 Å². The van der Waals surface area contributed by atoms with E-state index in [0.29, 0.717) is 0 Å². The lowest BCUT2D eigenvalue weighted by molar-refractivity contribution is 0.0696. The van der Waals surface area contributed by atoms with Crippen LogP contribution < -0.4 is 0 Å². The molecular weight excluding hydrogens is 160 g/mol. The van der Waals surface area contributed by atoms with Crippen molar-refractivity contribution in [1.82, 2.24) is 0 Å². The summed E-state index contributed by atoms with van der Waals surface area (Å²) < 4.78 is 21.7. The van der Waals surface area contributed by atoms with Crippen LogP contribution >= 0.6 is 0 Å². The molecule has 0 aromatic heterocycles. The van der Waals surface area contributed by atoms with Crippen molar-refractivity contribution in [2.45, 2.75) is 0 Å². The Balaban J connectivity index is 3.63. The van der Waals surface area contributed by atoms with E-state index in [9.17, 15) is 9.59 Å². The molecule has 2 N–H and O–H groups in total. The first-order valence-corrected chi connectivity index (χ1v) is 2.93. The maximum absolute atomic E-state index is 10.7. The fourth-order valence-electron chi connectivity index (χ4n) is 0.605. The van der Waals surface area contributed by atoms with Crippen LogP contribution in [0.4, 0.5) is 0 Å². The highest BCUT2D eigenvalue weighted by Crippen LogP contribution is 2.04. The van der Waals surface area contributed by atoms with Crippen molar-refractivity contribution in [3.63, 3.8) is 0 Å². The Morgan fingerprint density at radius 3 is 2.33 bits per heavy atom. The van der Waals surface area contributed by atoms with Crippen molar-refractivity contribution >= 4 is 11.9 Å². The summed E-state index contributed by atoms with van der Waals surface area (Å²) in [4.78, 5) is 21.3. The first-order chi connectivity index (χ1) is 6.86. The molecule has 4 heteroatoms. The number of hydrogen-bond donors (Lipinski definition) is 2. The zero-order valence-corrected chi connectivity index (χ0v) is 5.79. The number of carboxylic acid groups (broad SMARTS) is 2. The molecule has 0 atom stereocenters. The molecule has 0 radical (unpaired) electrons. The molecule has 0 unspecified atom stereocenters. The lowest BCUT2D eigenvalue weighted by atomic mass is 10.1. The van der Waals surface area contributed by atoms with Crippen LogP contribution in [0.3, 0.4) is 0 Å². The van der Waals surface area contributed by atoms with Crippen LogP contribution in [-0.4, -0.2) is 22.2 Å². The Morgan fingerprint density at radius 2 is 1.83 bits per heavy atom. The van der Waals surface area contributed by atoms with Gasteiger partial charge < -0.3 is 10.2 Å². The van der Waals surface area contributed by atoms with Crippen molar-refractivity contribution in [2.75, 3.05) is 0 Å². The summed E-state index contributed by atoms with van der Waals surface area (Å²) >= 11 is 0. The lowest BCUT2D eigenvalue weighted by Crippen LogP contribution is -2.01. The summed E-state index contributed by atoms with van der Waals surface area (Å²) in [6.07, 6.45) is 0. The fraction of sp³-hybridized carbons (Fsp3) is 0. The number of aromatic carboxylic acids is 2. The quantitative estimate of drug-likeness (QED) is 0.694. The predicted molar refractivity (Wildman–Crippen MR) is 40.4 cm³/mol. The van der Waals surface area contributed by atoms with Gasteiger partial charge in [-0.15, -0.1) is 0 Å². The molecule has 1 aromatic carbocycles. The molecular formula is C8H6O4. The van der Waals surface area contributed by atoms with Crippen molar-refractivity contribution in [3.05, 3.63) is 35.3 Å². The van der Waals surface area contributed by atoms with Gasteiger partial charge in [-0.25, -0.2) is 9.59 Å². The topological polar surface area (TPSA) is 74.6 Å². The third kappa shape index (κ3) is 1.60. The van der Waals surface area contributed by atoms with E-state index < -0.39 is 41.2 Å². The molecule has 0 aliphatic carbocycles. The smallest absolute Gasteiger partial charge is 0.335 e. The number of rotatable bonds is 2. The minimum atomic E-state index is -1.58. The predicted octanol–water partition coefficient (Wildman–Crippen LogP) is 1.08. The molecule has 0 aliphatic heterocycles. The van der Waals surface area contributed by atoms with Gasteiger partial charge in [0.25, 0.3) is 0 Å². The van der Waals surface area contributed by atoms with E-state index in [2.05, 4.69) is 0 Å². The zero-order chi connectivity index (χ0) is 11.7. The Kier molecular flexibility index (Phi) is 1.25. The summed E-state index contributed by atoms with van der Waals surface area (Å²) in [7, 11) is 0. The van der Waals surface area contributed by atoms with Crippen molar-refractivity contribution in [2.24, 2.45) is 0 Å². The first-order valence-electron chi connectivity index (χ1n) is 4.43. The van der Waals surface area contributed by atoms with Gasteiger partial charge in [-0.1, -0.05) is 6.04 Å². The van der Waals surface area contributed by atoms with Crippen LogP contribution in [0.5, 0.6) is 0 Å². The standard InChI is InChI=1S/C8H6O4/c9-7(10)5-2-1-3-6(4-5)8(11)12/h1-4H,(H,9,10)(H,11,12)/i1D,2D,4D. The third-order valence-corrected chi connectivity index (χ3v) is 1.12. The Labute approximate surface area is 72.3 Å². The molecule has 4 nitrogen and oxygen atoms in total. The average molecular weight is 169 g/mol. The highest BCUT2D eigenvalue weighted by molar-refractivity contribution is 5.93.